The molecule has 1 aliphatic heterocycles. The highest BCUT2D eigenvalue weighted by Crippen LogP contribution is 2.22. The summed E-state index contributed by atoms with van der Waals surface area (Å²) in [6.45, 7) is 5.20. The minimum absolute atomic E-state index is 0. The second kappa shape index (κ2) is 5.47. The number of aromatic nitrogens is 2. The molecule has 15 heavy (non-hydrogen) atoms. The van der Waals surface area contributed by atoms with Crippen LogP contribution in [0.25, 0.3) is 0 Å². The van der Waals surface area contributed by atoms with E-state index in [1.807, 2.05) is 0 Å². The van der Waals surface area contributed by atoms with Crippen molar-refractivity contribution >= 4 is 12.4 Å². The Balaban J connectivity index is 0.00000112. The molecule has 0 aromatic carbocycles. The highest BCUT2D eigenvalue weighted by atomic mass is 35.5. The molecule has 0 radical (unpaired) electrons. The Morgan fingerprint density at radius 2 is 2.20 bits per heavy atom. The summed E-state index contributed by atoms with van der Waals surface area (Å²) in [5, 5.41) is 7.36. The second-order valence-corrected chi connectivity index (χ2v) is 4.15. The van der Waals surface area contributed by atoms with Gasteiger partial charge in [0, 0.05) is 5.92 Å². The molecule has 0 bridgehead atoms. The van der Waals surface area contributed by atoms with Gasteiger partial charge in [-0.25, -0.2) is 0 Å². The molecule has 4 nitrogen and oxygen atoms in total. The summed E-state index contributed by atoms with van der Waals surface area (Å²) in [7, 11) is 0. The van der Waals surface area contributed by atoms with Gasteiger partial charge in [-0.15, -0.1) is 12.4 Å². The molecule has 0 amide bonds. The van der Waals surface area contributed by atoms with Gasteiger partial charge in [0.2, 0.25) is 5.89 Å². The van der Waals surface area contributed by atoms with Crippen molar-refractivity contribution < 1.29 is 4.52 Å². The number of halogens is 1. The van der Waals surface area contributed by atoms with E-state index < -0.39 is 0 Å². The lowest BCUT2D eigenvalue weighted by molar-refractivity contribution is 0.295. The van der Waals surface area contributed by atoms with Gasteiger partial charge in [0.05, 0.1) is 6.04 Å². The van der Waals surface area contributed by atoms with Gasteiger partial charge < -0.3 is 9.84 Å². The van der Waals surface area contributed by atoms with Crippen LogP contribution in [-0.2, 0) is 0 Å². The molecule has 0 aliphatic carbocycles. The van der Waals surface area contributed by atoms with Gasteiger partial charge in [-0.1, -0.05) is 25.4 Å². The summed E-state index contributed by atoms with van der Waals surface area (Å²) in [4.78, 5) is 4.39. The van der Waals surface area contributed by atoms with Crippen molar-refractivity contribution in [3.05, 3.63) is 11.7 Å². The molecule has 1 saturated heterocycles. The Morgan fingerprint density at radius 3 is 2.73 bits per heavy atom. The molecule has 1 unspecified atom stereocenters. The predicted octanol–water partition coefficient (Wildman–Crippen LogP) is 2.43. The molecule has 86 valence electrons. The lowest BCUT2D eigenvalue weighted by atomic mass is 10.1. The number of hydrogen-bond donors (Lipinski definition) is 1. The summed E-state index contributed by atoms with van der Waals surface area (Å²) >= 11 is 0. The number of nitrogens with one attached hydrogen (secondary N) is 1. The SMILES string of the molecule is CC(C)c1noc(C2CCCCN2)n1.Cl. The number of rotatable bonds is 2. The molecule has 1 aromatic rings. The summed E-state index contributed by atoms with van der Waals surface area (Å²) in [6, 6.07) is 0.281. The minimum Gasteiger partial charge on any atom is -0.338 e. The van der Waals surface area contributed by atoms with E-state index in [2.05, 4.69) is 29.3 Å². The first-order chi connectivity index (χ1) is 6.77. The monoisotopic (exact) mass is 231 g/mol. The van der Waals surface area contributed by atoms with Crippen LogP contribution in [0.1, 0.15) is 56.8 Å². The van der Waals surface area contributed by atoms with Gasteiger partial charge in [0.15, 0.2) is 5.82 Å². The molecular weight excluding hydrogens is 214 g/mol. The fraction of sp³-hybridized carbons (Fsp3) is 0.800. The van der Waals surface area contributed by atoms with Crippen molar-refractivity contribution in [2.24, 2.45) is 0 Å². The van der Waals surface area contributed by atoms with Gasteiger partial charge in [-0.3, -0.25) is 0 Å². The van der Waals surface area contributed by atoms with E-state index in [1.165, 1.54) is 12.8 Å². The van der Waals surface area contributed by atoms with Crippen molar-refractivity contribution in [3.63, 3.8) is 0 Å². The van der Waals surface area contributed by atoms with Crippen molar-refractivity contribution in [1.82, 2.24) is 15.5 Å². The zero-order chi connectivity index (χ0) is 9.97. The quantitative estimate of drug-likeness (QED) is 0.850. The van der Waals surface area contributed by atoms with Gasteiger partial charge in [-0.2, -0.15) is 4.98 Å². The minimum atomic E-state index is 0. The zero-order valence-corrected chi connectivity index (χ0v) is 10.0. The van der Waals surface area contributed by atoms with Gasteiger partial charge in [0.1, 0.15) is 0 Å². The number of piperidine rings is 1. The fourth-order valence-corrected chi connectivity index (χ4v) is 1.69. The van der Waals surface area contributed by atoms with Crippen LogP contribution >= 0.6 is 12.4 Å². The Hall–Kier alpha value is -0.610. The van der Waals surface area contributed by atoms with Crippen LogP contribution in [0.4, 0.5) is 0 Å². The average molecular weight is 232 g/mol. The third kappa shape index (κ3) is 2.92. The van der Waals surface area contributed by atoms with Crippen LogP contribution in [-0.4, -0.2) is 16.7 Å². The summed E-state index contributed by atoms with van der Waals surface area (Å²) < 4.78 is 5.24. The maximum absolute atomic E-state index is 5.24. The molecule has 0 saturated carbocycles. The molecule has 5 heteroatoms. The largest absolute Gasteiger partial charge is 0.338 e. The molecular formula is C10H18ClN3O. The Labute approximate surface area is 96.2 Å². The third-order valence-corrected chi connectivity index (χ3v) is 2.58. The normalized spacial score (nSPS) is 21.4. The van der Waals surface area contributed by atoms with E-state index in [1.54, 1.807) is 0 Å². The maximum atomic E-state index is 5.24. The fourth-order valence-electron chi connectivity index (χ4n) is 1.69. The molecule has 1 aliphatic rings. The first-order valence-corrected chi connectivity index (χ1v) is 5.34. The van der Waals surface area contributed by atoms with E-state index in [0.29, 0.717) is 5.92 Å². The Morgan fingerprint density at radius 1 is 1.40 bits per heavy atom. The van der Waals surface area contributed by atoms with Crippen molar-refractivity contribution in [3.8, 4) is 0 Å². The molecule has 1 aromatic heterocycles. The van der Waals surface area contributed by atoms with Gasteiger partial charge in [0.25, 0.3) is 0 Å². The first kappa shape index (κ1) is 12.5. The summed E-state index contributed by atoms with van der Waals surface area (Å²) in [5.41, 5.74) is 0. The van der Waals surface area contributed by atoms with Crippen LogP contribution in [0.5, 0.6) is 0 Å². The first-order valence-electron chi connectivity index (χ1n) is 5.34. The number of hydrogen-bond acceptors (Lipinski definition) is 4. The molecule has 1 atom stereocenters. The Kier molecular flexibility index (Phi) is 4.54. The van der Waals surface area contributed by atoms with Crippen LogP contribution in [0.15, 0.2) is 4.52 Å². The smallest absolute Gasteiger partial charge is 0.243 e. The van der Waals surface area contributed by atoms with Gasteiger partial charge >= 0.3 is 0 Å². The van der Waals surface area contributed by atoms with Gasteiger partial charge in [-0.05, 0) is 19.4 Å². The topological polar surface area (TPSA) is 51.0 Å². The van der Waals surface area contributed by atoms with E-state index in [0.717, 1.165) is 24.7 Å². The molecule has 2 rings (SSSR count). The number of nitrogens with zero attached hydrogens (tertiary/aromatic N) is 2. The average Bonchev–Trinajstić information content (AvgIpc) is 2.68. The molecule has 0 spiro atoms. The lowest BCUT2D eigenvalue weighted by Gasteiger charge is -2.19. The van der Waals surface area contributed by atoms with E-state index >= 15 is 0 Å². The van der Waals surface area contributed by atoms with E-state index in [4.69, 9.17) is 4.52 Å². The summed E-state index contributed by atoms with van der Waals surface area (Å²) in [6.07, 6.45) is 3.61. The van der Waals surface area contributed by atoms with Crippen molar-refractivity contribution in [2.75, 3.05) is 6.54 Å². The van der Waals surface area contributed by atoms with E-state index in [9.17, 15) is 0 Å². The zero-order valence-electron chi connectivity index (χ0n) is 9.19. The van der Waals surface area contributed by atoms with Crippen LogP contribution in [0.2, 0.25) is 0 Å². The highest BCUT2D eigenvalue weighted by molar-refractivity contribution is 5.85. The molecule has 1 fully saturated rings. The Bertz CT molecular complexity index is 295. The summed E-state index contributed by atoms with van der Waals surface area (Å²) in [5.74, 6) is 1.91. The second-order valence-electron chi connectivity index (χ2n) is 4.15. The van der Waals surface area contributed by atoms with Crippen LogP contribution in [0.3, 0.4) is 0 Å². The van der Waals surface area contributed by atoms with Crippen LogP contribution in [0, 0.1) is 0 Å². The lowest BCUT2D eigenvalue weighted by Crippen LogP contribution is -2.27. The standard InChI is InChI=1S/C10H17N3O.ClH/c1-7(2)9-12-10(14-13-9)8-5-3-4-6-11-8;/h7-8,11H,3-6H2,1-2H3;1H. The van der Waals surface area contributed by atoms with Crippen molar-refractivity contribution in [1.29, 1.82) is 0 Å². The molecule has 1 N–H and O–H groups in total. The van der Waals surface area contributed by atoms with E-state index in [-0.39, 0.29) is 18.4 Å². The highest BCUT2D eigenvalue weighted by Gasteiger charge is 2.21. The maximum Gasteiger partial charge on any atom is 0.243 e. The van der Waals surface area contributed by atoms with Crippen LogP contribution < -0.4 is 5.32 Å². The molecule has 2 heterocycles. The van der Waals surface area contributed by atoms with Crippen molar-refractivity contribution in [2.45, 2.75) is 45.1 Å². The predicted molar refractivity (Wildman–Crippen MR) is 60.2 cm³/mol. The third-order valence-electron chi connectivity index (χ3n) is 2.58.